The summed E-state index contributed by atoms with van der Waals surface area (Å²) in [4.78, 5) is 10.8. The van der Waals surface area contributed by atoms with Gasteiger partial charge in [0.2, 0.25) is 0 Å². The largest absolute Gasteiger partial charge is 0.405 e. The molecule has 0 bridgehead atoms. The third kappa shape index (κ3) is 34.0. The van der Waals surface area contributed by atoms with Gasteiger partial charge in [-0.15, -0.1) is 0 Å². The molecular weight excluding hydrogens is 585 g/mol. The lowest BCUT2D eigenvalue weighted by Crippen LogP contribution is -2.24. The summed E-state index contributed by atoms with van der Waals surface area (Å²) in [5, 5.41) is 0. The lowest BCUT2D eigenvalue weighted by molar-refractivity contribution is 0.194. The summed E-state index contributed by atoms with van der Waals surface area (Å²) in [7, 11) is -3.69. The van der Waals surface area contributed by atoms with Gasteiger partial charge < -0.3 is 4.89 Å². The SMILES string of the molecule is CCCCCCCCCCCCCCCCCCN(CCCCCCCCCCCCCCCCCC)P(=O)(O)OCCCCC. The number of hydrogen-bond donors (Lipinski definition) is 1. The van der Waals surface area contributed by atoms with Gasteiger partial charge in [-0.25, -0.2) is 9.24 Å². The predicted molar refractivity (Wildman–Crippen MR) is 206 cm³/mol. The minimum absolute atomic E-state index is 0.399. The molecule has 0 aliphatic heterocycles. The highest BCUT2D eigenvalue weighted by Crippen LogP contribution is 2.47. The van der Waals surface area contributed by atoms with Crippen LogP contribution in [0.2, 0.25) is 0 Å². The van der Waals surface area contributed by atoms with E-state index in [0.717, 1.165) is 44.9 Å². The van der Waals surface area contributed by atoms with Crippen molar-refractivity contribution < 1.29 is 14.0 Å². The molecule has 1 atom stereocenters. The number of unbranched alkanes of at least 4 members (excludes halogenated alkanes) is 32. The molecule has 46 heavy (non-hydrogen) atoms. The second kappa shape index (κ2) is 37.9. The fourth-order valence-corrected chi connectivity index (χ4v) is 7.99. The van der Waals surface area contributed by atoms with Crippen LogP contribution in [0.5, 0.6) is 0 Å². The van der Waals surface area contributed by atoms with Gasteiger partial charge in [-0.1, -0.05) is 226 Å². The van der Waals surface area contributed by atoms with Crippen LogP contribution in [0.3, 0.4) is 0 Å². The van der Waals surface area contributed by atoms with E-state index in [2.05, 4.69) is 20.8 Å². The van der Waals surface area contributed by atoms with Crippen LogP contribution in [0, 0.1) is 0 Å². The summed E-state index contributed by atoms with van der Waals surface area (Å²) in [6, 6.07) is 0. The summed E-state index contributed by atoms with van der Waals surface area (Å²) < 4.78 is 20.5. The number of hydrogen-bond acceptors (Lipinski definition) is 2. The molecule has 0 aromatic rings. The van der Waals surface area contributed by atoms with Gasteiger partial charge >= 0.3 is 7.75 Å². The molecule has 0 saturated heterocycles. The van der Waals surface area contributed by atoms with Crippen molar-refractivity contribution in [2.24, 2.45) is 0 Å². The van der Waals surface area contributed by atoms with E-state index in [4.69, 9.17) is 4.52 Å². The van der Waals surface area contributed by atoms with Crippen LogP contribution in [-0.2, 0) is 9.09 Å². The zero-order valence-corrected chi connectivity index (χ0v) is 32.9. The van der Waals surface area contributed by atoms with Crippen LogP contribution < -0.4 is 0 Å². The first-order chi connectivity index (χ1) is 22.6. The Kier molecular flexibility index (Phi) is 38.0. The van der Waals surface area contributed by atoms with Crippen LogP contribution in [0.4, 0.5) is 0 Å². The number of rotatable bonds is 40. The molecule has 0 saturated carbocycles. The maximum Gasteiger partial charge on any atom is 0.405 e. The summed E-state index contributed by atoms with van der Waals surface area (Å²) in [5.41, 5.74) is 0. The molecule has 0 aromatic carbocycles. The Morgan fingerprint density at radius 2 is 0.587 bits per heavy atom. The first kappa shape index (κ1) is 46.1. The topological polar surface area (TPSA) is 49.8 Å². The van der Waals surface area contributed by atoms with Gasteiger partial charge in [0.05, 0.1) is 6.61 Å². The van der Waals surface area contributed by atoms with Crippen molar-refractivity contribution in [3.63, 3.8) is 0 Å². The quantitative estimate of drug-likeness (QED) is 0.0520. The van der Waals surface area contributed by atoms with Gasteiger partial charge in [0.1, 0.15) is 0 Å². The monoisotopic (exact) mass is 672 g/mol. The van der Waals surface area contributed by atoms with Crippen molar-refractivity contribution in [1.82, 2.24) is 4.67 Å². The van der Waals surface area contributed by atoms with E-state index < -0.39 is 7.75 Å². The Morgan fingerprint density at radius 1 is 0.370 bits per heavy atom. The molecule has 1 unspecified atom stereocenters. The molecule has 5 heteroatoms. The Balaban J connectivity index is 3.93. The fraction of sp³-hybridized carbons (Fsp3) is 1.00. The van der Waals surface area contributed by atoms with Gasteiger partial charge in [-0.3, -0.25) is 4.52 Å². The molecular formula is C41H86NO3P. The van der Waals surface area contributed by atoms with E-state index in [1.165, 1.54) is 180 Å². The van der Waals surface area contributed by atoms with Crippen molar-refractivity contribution in [2.45, 2.75) is 245 Å². The summed E-state index contributed by atoms with van der Waals surface area (Å²) in [6.45, 7) is 8.52. The van der Waals surface area contributed by atoms with Crippen LogP contribution in [0.25, 0.3) is 0 Å². The summed E-state index contributed by atoms with van der Waals surface area (Å²) >= 11 is 0. The van der Waals surface area contributed by atoms with Gasteiger partial charge in [0.25, 0.3) is 0 Å². The van der Waals surface area contributed by atoms with E-state index in [9.17, 15) is 9.46 Å². The molecule has 0 rings (SSSR count). The second-order valence-electron chi connectivity index (χ2n) is 14.6. The molecule has 0 radical (unpaired) electrons. The molecule has 278 valence electrons. The van der Waals surface area contributed by atoms with Crippen LogP contribution in [0.1, 0.15) is 245 Å². The molecule has 0 heterocycles. The zero-order chi connectivity index (χ0) is 33.7. The van der Waals surface area contributed by atoms with Gasteiger partial charge in [-0.2, -0.15) is 0 Å². The zero-order valence-electron chi connectivity index (χ0n) is 32.0. The lowest BCUT2D eigenvalue weighted by atomic mass is 10.0. The summed E-state index contributed by atoms with van der Waals surface area (Å²) in [5.74, 6) is 0. The predicted octanol–water partition coefficient (Wildman–Crippen LogP) is 15.1. The minimum Gasteiger partial charge on any atom is -0.312 e. The van der Waals surface area contributed by atoms with E-state index in [0.29, 0.717) is 19.7 Å². The fourth-order valence-electron chi connectivity index (χ4n) is 6.67. The second-order valence-corrected chi connectivity index (χ2v) is 16.4. The van der Waals surface area contributed by atoms with Crippen molar-refractivity contribution >= 4 is 7.75 Å². The highest BCUT2D eigenvalue weighted by molar-refractivity contribution is 7.50. The maximum atomic E-state index is 13.1. The normalized spacial score (nSPS) is 13.2. The van der Waals surface area contributed by atoms with Crippen LogP contribution in [0.15, 0.2) is 0 Å². The molecule has 0 fully saturated rings. The molecule has 0 aliphatic carbocycles. The van der Waals surface area contributed by atoms with Crippen molar-refractivity contribution in [1.29, 1.82) is 0 Å². The van der Waals surface area contributed by atoms with Crippen molar-refractivity contribution in [3.8, 4) is 0 Å². The lowest BCUT2D eigenvalue weighted by Gasteiger charge is -2.26. The number of nitrogens with zero attached hydrogens (tertiary/aromatic N) is 1. The molecule has 0 aliphatic rings. The van der Waals surface area contributed by atoms with Gasteiger partial charge in [-0.05, 0) is 19.3 Å². The Labute approximate surface area is 291 Å². The Bertz CT molecular complexity index is 581. The smallest absolute Gasteiger partial charge is 0.312 e. The standard InChI is InChI=1S/C41H86NO3P/c1-4-7-10-12-14-16-18-20-22-24-26-28-30-32-34-36-39-42(46(43,44)45-41-38-9-6-3)40-37-35-33-31-29-27-25-23-21-19-17-15-13-11-8-5-2/h4-41H2,1-3H3,(H,43,44). The Morgan fingerprint density at radius 3 is 0.848 bits per heavy atom. The highest BCUT2D eigenvalue weighted by Gasteiger charge is 2.28. The van der Waals surface area contributed by atoms with Crippen molar-refractivity contribution in [3.05, 3.63) is 0 Å². The molecule has 4 nitrogen and oxygen atoms in total. The highest BCUT2D eigenvalue weighted by atomic mass is 31.2. The van der Waals surface area contributed by atoms with Crippen LogP contribution >= 0.6 is 7.75 Å². The third-order valence-corrected chi connectivity index (χ3v) is 11.5. The first-order valence-electron chi connectivity index (χ1n) is 21.3. The molecule has 0 aromatic heterocycles. The molecule has 0 spiro atoms. The van der Waals surface area contributed by atoms with E-state index >= 15 is 0 Å². The van der Waals surface area contributed by atoms with Gasteiger partial charge in [0.15, 0.2) is 0 Å². The van der Waals surface area contributed by atoms with E-state index in [1.807, 2.05) is 0 Å². The van der Waals surface area contributed by atoms with E-state index in [-0.39, 0.29) is 0 Å². The summed E-state index contributed by atoms with van der Waals surface area (Å²) in [6.07, 6.45) is 46.2. The average molecular weight is 672 g/mol. The van der Waals surface area contributed by atoms with Gasteiger partial charge in [0, 0.05) is 13.1 Å². The van der Waals surface area contributed by atoms with E-state index in [1.54, 1.807) is 4.67 Å². The maximum absolute atomic E-state index is 13.1. The Hall–Kier alpha value is 0.110. The third-order valence-electron chi connectivity index (χ3n) is 9.90. The first-order valence-corrected chi connectivity index (χ1v) is 22.8. The van der Waals surface area contributed by atoms with Crippen molar-refractivity contribution in [2.75, 3.05) is 19.7 Å². The molecule has 0 amide bonds. The average Bonchev–Trinajstić information content (AvgIpc) is 3.05. The molecule has 1 N–H and O–H groups in total. The van der Waals surface area contributed by atoms with Crippen LogP contribution in [-0.4, -0.2) is 29.3 Å². The minimum atomic E-state index is -3.69.